The molecular formula is C45H50O11Si. The Bertz CT molecular complexity index is 2110. The zero-order chi connectivity index (χ0) is 40.6. The van der Waals surface area contributed by atoms with E-state index in [1.54, 1.807) is 31.2 Å². The first-order valence-corrected chi connectivity index (χ1v) is 21.7. The van der Waals surface area contributed by atoms with Crippen LogP contribution in [0.2, 0.25) is 13.1 Å². The van der Waals surface area contributed by atoms with Crippen LogP contribution >= 0.6 is 0 Å². The third-order valence-electron chi connectivity index (χ3n) is 9.89. The molecule has 0 heterocycles. The van der Waals surface area contributed by atoms with E-state index < -0.39 is 38.3 Å². The van der Waals surface area contributed by atoms with E-state index in [0.29, 0.717) is 33.9 Å². The van der Waals surface area contributed by atoms with Crippen LogP contribution in [-0.2, 0) is 40.2 Å². The number of hydrogen-bond acceptors (Lipinski definition) is 11. The lowest BCUT2D eigenvalue weighted by Crippen LogP contribution is -2.69. The van der Waals surface area contributed by atoms with Crippen molar-refractivity contribution in [3.05, 3.63) is 149 Å². The number of rotatable bonds is 17. The summed E-state index contributed by atoms with van der Waals surface area (Å²) in [6.07, 6.45) is -0.263. The normalized spacial score (nSPS) is 18.9. The van der Waals surface area contributed by atoms with Gasteiger partial charge in [0.15, 0.2) is 23.0 Å². The second-order valence-electron chi connectivity index (χ2n) is 14.4. The number of hydrogen-bond donors (Lipinski definition) is 3. The molecule has 1 aliphatic carbocycles. The molecule has 0 radical (unpaired) electrons. The zero-order valence-corrected chi connectivity index (χ0v) is 33.9. The fourth-order valence-electron chi connectivity index (χ4n) is 7.05. The lowest BCUT2D eigenvalue weighted by atomic mass is 9.61. The molecule has 0 aromatic heterocycles. The van der Waals surface area contributed by atoms with Crippen molar-refractivity contribution in [2.24, 2.45) is 0 Å². The largest absolute Gasteiger partial charge is 0.493 e. The van der Waals surface area contributed by atoms with Crippen LogP contribution in [0, 0.1) is 0 Å². The Hall–Kier alpha value is -5.37. The molecule has 300 valence electrons. The maximum absolute atomic E-state index is 14.4. The quantitative estimate of drug-likeness (QED) is 0.0671. The van der Waals surface area contributed by atoms with Gasteiger partial charge in [0.2, 0.25) is 11.4 Å². The van der Waals surface area contributed by atoms with Crippen molar-refractivity contribution in [2.75, 3.05) is 27.4 Å². The van der Waals surface area contributed by atoms with Gasteiger partial charge < -0.3 is 47.9 Å². The van der Waals surface area contributed by atoms with Crippen LogP contribution in [0.25, 0.3) is 0 Å². The number of aliphatic hydroxyl groups is 2. The average molecular weight is 795 g/mol. The lowest BCUT2D eigenvalue weighted by Gasteiger charge is -2.50. The molecule has 0 saturated carbocycles. The summed E-state index contributed by atoms with van der Waals surface area (Å²) in [4.78, 5) is 25.1. The fraction of sp³-hybridized carbons (Fsp3) is 0.311. The van der Waals surface area contributed by atoms with Gasteiger partial charge in [-0.25, -0.2) is 4.79 Å². The molecule has 0 amide bonds. The first-order chi connectivity index (χ1) is 27.4. The van der Waals surface area contributed by atoms with E-state index in [1.165, 1.54) is 27.3 Å². The summed E-state index contributed by atoms with van der Waals surface area (Å²) in [5, 5.41) is 25.8. The van der Waals surface area contributed by atoms with Crippen molar-refractivity contribution >= 4 is 14.5 Å². The van der Waals surface area contributed by atoms with Crippen LogP contribution in [0.1, 0.15) is 46.2 Å². The highest BCUT2D eigenvalue weighted by atomic mass is 28.4. The highest BCUT2D eigenvalue weighted by molar-refractivity contribution is 6.63. The van der Waals surface area contributed by atoms with Crippen molar-refractivity contribution < 1.29 is 52.7 Å². The minimum Gasteiger partial charge on any atom is -0.493 e. The van der Waals surface area contributed by atoms with Gasteiger partial charge in [-0.05, 0) is 77.7 Å². The van der Waals surface area contributed by atoms with E-state index in [0.717, 1.165) is 16.7 Å². The zero-order valence-electron chi connectivity index (χ0n) is 32.9. The predicted molar refractivity (Wildman–Crippen MR) is 216 cm³/mol. The van der Waals surface area contributed by atoms with Crippen LogP contribution in [0.3, 0.4) is 0 Å². The van der Waals surface area contributed by atoms with Crippen LogP contribution in [0.5, 0.6) is 28.7 Å². The molecule has 57 heavy (non-hydrogen) atoms. The van der Waals surface area contributed by atoms with Crippen molar-refractivity contribution in [1.29, 1.82) is 0 Å². The van der Waals surface area contributed by atoms with Gasteiger partial charge in [-0.2, -0.15) is 0 Å². The summed E-state index contributed by atoms with van der Waals surface area (Å²) >= 11 is 0. The SMILES string of the molecule is CCOC(=O)[C@]1(O)[C@@H](c2cc(OC)c(OCc3ccccc3)c(OCc3ccccc3)c2)c2cc(OCc3ccccc3)c(OC)cc2C[C@@]1(O)CO[Si](C)(C)O. The summed E-state index contributed by atoms with van der Waals surface area (Å²) in [5.41, 5.74) is -0.974. The van der Waals surface area contributed by atoms with Crippen LogP contribution in [-0.4, -0.2) is 68.2 Å². The number of carbonyl (C=O) groups excluding carboxylic acids is 1. The molecule has 11 nitrogen and oxygen atoms in total. The van der Waals surface area contributed by atoms with Crippen LogP contribution < -0.4 is 23.7 Å². The molecule has 3 N–H and O–H groups in total. The number of methoxy groups -OCH3 is 2. The molecule has 0 saturated heterocycles. The highest BCUT2D eigenvalue weighted by Gasteiger charge is 2.65. The Balaban J connectivity index is 1.57. The molecular weight excluding hydrogens is 745 g/mol. The van der Waals surface area contributed by atoms with Gasteiger partial charge >= 0.3 is 14.5 Å². The summed E-state index contributed by atoms with van der Waals surface area (Å²) < 4.78 is 42.4. The molecule has 0 fully saturated rings. The Morgan fingerprint density at radius 3 is 1.72 bits per heavy atom. The van der Waals surface area contributed by atoms with Crippen molar-refractivity contribution in [2.45, 2.75) is 63.4 Å². The number of esters is 1. The first-order valence-electron chi connectivity index (χ1n) is 18.8. The molecule has 0 spiro atoms. The Labute approximate surface area is 334 Å². The third-order valence-corrected chi connectivity index (χ3v) is 10.7. The smallest absolute Gasteiger partial charge is 0.342 e. The number of ether oxygens (including phenoxy) is 6. The third kappa shape index (κ3) is 9.27. The minimum atomic E-state index is -3.30. The van der Waals surface area contributed by atoms with E-state index in [2.05, 4.69) is 0 Å². The minimum absolute atomic E-state index is 0.0903. The predicted octanol–water partition coefficient (Wildman–Crippen LogP) is 6.86. The maximum Gasteiger partial charge on any atom is 0.342 e. The van der Waals surface area contributed by atoms with Crippen LogP contribution in [0.15, 0.2) is 115 Å². The Morgan fingerprint density at radius 2 is 1.21 bits per heavy atom. The van der Waals surface area contributed by atoms with E-state index >= 15 is 0 Å². The van der Waals surface area contributed by atoms with Gasteiger partial charge in [0.25, 0.3) is 0 Å². The number of fused-ring (bicyclic) bond motifs is 1. The lowest BCUT2D eigenvalue weighted by molar-refractivity contribution is -0.212. The molecule has 3 atom stereocenters. The summed E-state index contributed by atoms with van der Waals surface area (Å²) in [6, 6.07) is 35.6. The Morgan fingerprint density at radius 1 is 0.702 bits per heavy atom. The van der Waals surface area contributed by atoms with Gasteiger partial charge in [-0.1, -0.05) is 91.0 Å². The van der Waals surface area contributed by atoms with E-state index in [9.17, 15) is 19.8 Å². The monoisotopic (exact) mass is 794 g/mol. The molecule has 6 rings (SSSR count). The van der Waals surface area contributed by atoms with E-state index in [4.69, 9.17) is 32.8 Å². The average Bonchev–Trinajstić information content (AvgIpc) is 3.21. The van der Waals surface area contributed by atoms with Crippen LogP contribution in [0.4, 0.5) is 0 Å². The van der Waals surface area contributed by atoms with E-state index in [1.807, 2.05) is 91.0 Å². The molecule has 5 aromatic rings. The second kappa shape index (κ2) is 17.8. The van der Waals surface area contributed by atoms with Gasteiger partial charge in [-0.3, -0.25) is 0 Å². The maximum atomic E-state index is 14.4. The van der Waals surface area contributed by atoms with Gasteiger partial charge in [0.05, 0.1) is 33.4 Å². The summed E-state index contributed by atoms with van der Waals surface area (Å²) in [6.45, 7) is 4.55. The van der Waals surface area contributed by atoms with Crippen molar-refractivity contribution in [3.8, 4) is 28.7 Å². The molecule has 0 unspecified atom stereocenters. The molecule has 5 aromatic carbocycles. The molecule has 1 aliphatic rings. The number of carbonyl (C=O) groups is 1. The standard InChI is InChI=1S/C45H50O11Si/c1-6-52-43(46)45(48)41(34-22-39(51-3)42(55-29-33-20-14-9-15-21-33)40(23-34)54-28-32-18-12-8-13-19-32)36-25-38(53-27-31-16-10-7-11-17-31)37(50-2)24-35(36)26-44(45,47)30-56-57(4,5)49/h7-25,41,47-49H,6,26-30H2,1-5H3/t41-,44+,45+/m0/s1. The van der Waals surface area contributed by atoms with Crippen molar-refractivity contribution in [3.63, 3.8) is 0 Å². The second-order valence-corrected chi connectivity index (χ2v) is 17.6. The summed E-state index contributed by atoms with van der Waals surface area (Å²) in [7, 11) is -0.305. The van der Waals surface area contributed by atoms with E-state index in [-0.39, 0.29) is 44.3 Å². The molecule has 0 aliphatic heterocycles. The van der Waals surface area contributed by atoms with Gasteiger partial charge in [-0.15, -0.1) is 0 Å². The molecule has 12 heteroatoms. The highest BCUT2D eigenvalue weighted by Crippen LogP contribution is 2.54. The first kappa shape index (κ1) is 41.3. The Kier molecular flexibility index (Phi) is 12.9. The summed E-state index contributed by atoms with van der Waals surface area (Å²) in [5.74, 6) is -0.885. The fourth-order valence-corrected chi connectivity index (χ4v) is 7.64. The van der Waals surface area contributed by atoms with Crippen molar-refractivity contribution in [1.82, 2.24) is 0 Å². The van der Waals surface area contributed by atoms with Gasteiger partial charge in [0, 0.05) is 6.42 Å². The molecule has 0 bridgehead atoms. The van der Waals surface area contributed by atoms with Gasteiger partial charge in [0.1, 0.15) is 25.4 Å². The topological polar surface area (TPSA) is 142 Å². The number of benzene rings is 5.